The number of benzene rings is 1. The lowest BCUT2D eigenvalue weighted by molar-refractivity contribution is -0.117. The number of carbonyl (C=O) groups is 2. The Morgan fingerprint density at radius 1 is 1.28 bits per heavy atom. The smallest absolute Gasteiger partial charge is 0.237 e. The fourth-order valence-electron chi connectivity index (χ4n) is 3.36. The highest BCUT2D eigenvalue weighted by Gasteiger charge is 2.29. The zero-order valence-corrected chi connectivity index (χ0v) is 17.8. The molecular formula is C20H21N5O2S2. The van der Waals surface area contributed by atoms with Crippen molar-refractivity contribution in [2.45, 2.75) is 31.0 Å². The van der Waals surface area contributed by atoms with Crippen LogP contribution in [0.5, 0.6) is 0 Å². The highest BCUT2D eigenvalue weighted by atomic mass is 32.2. The Hall–Kier alpha value is -2.65. The second-order valence-electron chi connectivity index (χ2n) is 6.88. The molecule has 1 aliphatic heterocycles. The number of aromatic nitrogens is 3. The quantitative estimate of drug-likeness (QED) is 0.632. The number of hydrogen-bond acceptors (Lipinski definition) is 6. The number of thioether (sulfide) groups is 1. The highest BCUT2D eigenvalue weighted by Crippen LogP contribution is 2.32. The Kier molecular flexibility index (Phi) is 5.68. The van der Waals surface area contributed by atoms with Crippen molar-refractivity contribution < 1.29 is 9.59 Å². The van der Waals surface area contributed by atoms with Gasteiger partial charge in [-0.15, -0.1) is 21.5 Å². The third-order valence-corrected chi connectivity index (χ3v) is 6.67. The van der Waals surface area contributed by atoms with Gasteiger partial charge in [-0.2, -0.15) is 0 Å². The van der Waals surface area contributed by atoms with Crippen LogP contribution in [0.4, 0.5) is 11.4 Å². The van der Waals surface area contributed by atoms with Crippen LogP contribution in [0, 0.1) is 0 Å². The van der Waals surface area contributed by atoms with Crippen molar-refractivity contribution in [2.24, 2.45) is 7.05 Å². The number of fused-ring (bicyclic) bond motifs is 1. The molecule has 2 aromatic heterocycles. The summed E-state index contributed by atoms with van der Waals surface area (Å²) in [6.45, 7) is 1.89. The van der Waals surface area contributed by atoms with Gasteiger partial charge in [0, 0.05) is 30.8 Å². The molecule has 0 bridgehead atoms. The van der Waals surface area contributed by atoms with Crippen molar-refractivity contribution in [3.05, 3.63) is 52.5 Å². The number of amides is 2. The molecule has 1 atom stereocenters. The summed E-state index contributed by atoms with van der Waals surface area (Å²) in [5, 5.41) is 14.2. The summed E-state index contributed by atoms with van der Waals surface area (Å²) >= 11 is 3.05. The molecule has 1 N–H and O–H groups in total. The van der Waals surface area contributed by atoms with Gasteiger partial charge < -0.3 is 14.8 Å². The molecule has 0 saturated carbocycles. The lowest BCUT2D eigenvalue weighted by Crippen LogP contribution is -2.40. The summed E-state index contributed by atoms with van der Waals surface area (Å²) in [5.74, 6) is 0.942. The van der Waals surface area contributed by atoms with Crippen molar-refractivity contribution in [1.29, 1.82) is 0 Å². The molecule has 0 unspecified atom stereocenters. The lowest BCUT2D eigenvalue weighted by atomic mass is 10.2. The maximum atomic E-state index is 13.1. The summed E-state index contributed by atoms with van der Waals surface area (Å²) in [6, 6.07) is 11.3. The first-order chi connectivity index (χ1) is 14.0. The molecule has 29 heavy (non-hydrogen) atoms. The highest BCUT2D eigenvalue weighted by molar-refractivity contribution is 7.99. The van der Waals surface area contributed by atoms with Gasteiger partial charge in [0.25, 0.3) is 0 Å². The summed E-state index contributed by atoms with van der Waals surface area (Å²) in [6.07, 6.45) is 0.986. The molecule has 2 amide bonds. The minimum Gasteiger partial charge on any atom is -0.324 e. The van der Waals surface area contributed by atoms with Crippen LogP contribution >= 0.6 is 23.1 Å². The van der Waals surface area contributed by atoms with Crippen molar-refractivity contribution in [2.75, 3.05) is 16.0 Å². The molecule has 150 valence electrons. The van der Waals surface area contributed by atoms with Gasteiger partial charge in [0.1, 0.15) is 5.82 Å². The maximum Gasteiger partial charge on any atom is 0.237 e. The summed E-state index contributed by atoms with van der Waals surface area (Å²) in [7, 11) is 1.92. The van der Waals surface area contributed by atoms with Crippen LogP contribution < -0.4 is 10.2 Å². The number of carbonyl (C=O) groups excluding carboxylic acids is 2. The van der Waals surface area contributed by atoms with E-state index in [0.29, 0.717) is 10.8 Å². The van der Waals surface area contributed by atoms with Crippen LogP contribution in [0.2, 0.25) is 0 Å². The predicted octanol–water partition coefficient (Wildman–Crippen LogP) is 3.32. The minimum atomic E-state index is -0.222. The average Bonchev–Trinajstić information content (AvgIpc) is 3.29. The van der Waals surface area contributed by atoms with Crippen molar-refractivity contribution in [1.82, 2.24) is 14.8 Å². The topological polar surface area (TPSA) is 80.1 Å². The van der Waals surface area contributed by atoms with Gasteiger partial charge in [-0.05, 0) is 30.5 Å². The van der Waals surface area contributed by atoms with Crippen LogP contribution in [-0.4, -0.2) is 38.4 Å². The molecule has 7 nitrogen and oxygen atoms in total. The van der Waals surface area contributed by atoms with Crippen LogP contribution in [0.15, 0.2) is 46.9 Å². The number of hydrogen-bond donors (Lipinski definition) is 1. The Labute approximate surface area is 177 Å². The number of nitrogens with one attached hydrogen (secondary N) is 1. The molecule has 3 aromatic rings. The largest absolute Gasteiger partial charge is 0.324 e. The third kappa shape index (κ3) is 4.20. The monoisotopic (exact) mass is 427 g/mol. The molecular weight excluding hydrogens is 406 g/mol. The van der Waals surface area contributed by atoms with Gasteiger partial charge in [-0.3, -0.25) is 9.59 Å². The van der Waals surface area contributed by atoms with Gasteiger partial charge in [0.05, 0.1) is 17.1 Å². The zero-order valence-electron chi connectivity index (χ0n) is 16.2. The molecule has 3 heterocycles. The molecule has 0 aliphatic carbocycles. The van der Waals surface area contributed by atoms with Crippen LogP contribution in [0.3, 0.4) is 0 Å². The van der Waals surface area contributed by atoms with E-state index in [1.165, 1.54) is 16.6 Å². The lowest BCUT2D eigenvalue weighted by Gasteiger charge is -2.27. The van der Waals surface area contributed by atoms with Gasteiger partial charge in [0.15, 0.2) is 5.16 Å². The summed E-state index contributed by atoms with van der Waals surface area (Å²) in [4.78, 5) is 28.1. The first kappa shape index (κ1) is 19.7. The zero-order chi connectivity index (χ0) is 20.4. The Balaban J connectivity index is 1.48. The van der Waals surface area contributed by atoms with Crippen LogP contribution in [0.1, 0.15) is 24.0 Å². The summed E-state index contributed by atoms with van der Waals surface area (Å²) in [5.41, 5.74) is 1.39. The minimum absolute atomic E-state index is 0.0609. The number of rotatable bonds is 5. The van der Waals surface area contributed by atoms with E-state index in [0.717, 1.165) is 17.9 Å². The molecule has 9 heteroatoms. The number of thiophene rings is 1. The van der Waals surface area contributed by atoms with E-state index in [-0.39, 0.29) is 30.0 Å². The molecule has 1 aliphatic rings. The molecule has 0 radical (unpaired) electrons. The fourth-order valence-corrected chi connectivity index (χ4v) is 4.85. The van der Waals surface area contributed by atoms with Crippen molar-refractivity contribution >= 4 is 46.3 Å². The predicted molar refractivity (Wildman–Crippen MR) is 115 cm³/mol. The van der Waals surface area contributed by atoms with Gasteiger partial charge in [0.2, 0.25) is 11.8 Å². The molecule has 0 spiro atoms. The Bertz CT molecular complexity index is 1030. The molecule has 0 fully saturated rings. The molecule has 1 aromatic carbocycles. The SMILES string of the molecule is C[C@@H]1CC(=O)Nc2ccccc2N1C(=O)CSc1nnc(Cc2cccs2)n1C. The van der Waals surface area contributed by atoms with E-state index in [1.807, 2.05) is 54.3 Å². The molecule has 4 rings (SSSR count). The fraction of sp³-hybridized carbons (Fsp3) is 0.300. The second-order valence-corrected chi connectivity index (χ2v) is 8.86. The van der Waals surface area contributed by atoms with Crippen LogP contribution in [-0.2, 0) is 23.1 Å². The summed E-state index contributed by atoms with van der Waals surface area (Å²) < 4.78 is 1.93. The Morgan fingerprint density at radius 2 is 2.10 bits per heavy atom. The van der Waals surface area contributed by atoms with E-state index < -0.39 is 0 Å². The van der Waals surface area contributed by atoms with E-state index >= 15 is 0 Å². The molecule has 0 saturated heterocycles. The third-order valence-electron chi connectivity index (χ3n) is 4.79. The second kappa shape index (κ2) is 8.38. The number of para-hydroxylation sites is 2. The van der Waals surface area contributed by atoms with E-state index in [2.05, 4.69) is 21.6 Å². The van der Waals surface area contributed by atoms with E-state index in [9.17, 15) is 9.59 Å². The average molecular weight is 428 g/mol. The normalized spacial score (nSPS) is 16.3. The maximum absolute atomic E-state index is 13.1. The van der Waals surface area contributed by atoms with Crippen LogP contribution in [0.25, 0.3) is 0 Å². The standard InChI is InChI=1S/C20H21N5O2S2/c1-13-10-18(26)21-15-7-3-4-8-16(15)25(13)19(27)12-29-20-23-22-17(24(20)2)11-14-6-5-9-28-14/h3-9,13H,10-12H2,1-2H3,(H,21,26)/t13-/m1/s1. The number of anilines is 2. The van der Waals surface area contributed by atoms with E-state index in [1.54, 1.807) is 16.2 Å². The van der Waals surface area contributed by atoms with Gasteiger partial charge >= 0.3 is 0 Å². The number of nitrogens with zero attached hydrogens (tertiary/aromatic N) is 4. The van der Waals surface area contributed by atoms with Gasteiger partial charge in [-0.25, -0.2) is 0 Å². The van der Waals surface area contributed by atoms with Gasteiger partial charge in [-0.1, -0.05) is 30.0 Å². The van der Waals surface area contributed by atoms with E-state index in [4.69, 9.17) is 0 Å². The first-order valence-electron chi connectivity index (χ1n) is 9.27. The Morgan fingerprint density at radius 3 is 2.90 bits per heavy atom. The first-order valence-corrected chi connectivity index (χ1v) is 11.1. The van der Waals surface area contributed by atoms with Crippen molar-refractivity contribution in [3.8, 4) is 0 Å². The van der Waals surface area contributed by atoms with Crippen molar-refractivity contribution in [3.63, 3.8) is 0 Å².